The number of carbonyl (C=O) groups is 2. The van der Waals surface area contributed by atoms with Crippen LogP contribution >= 0.6 is 11.3 Å². The van der Waals surface area contributed by atoms with Gasteiger partial charge in [0.1, 0.15) is 6.04 Å². The average molecular weight is 490 g/mol. The van der Waals surface area contributed by atoms with Gasteiger partial charge < -0.3 is 24.8 Å². The number of hydrogen-bond acceptors (Lipinski definition) is 7. The molecule has 1 saturated heterocycles. The molecule has 0 bridgehead atoms. The van der Waals surface area contributed by atoms with Crippen LogP contribution in [0.5, 0.6) is 17.2 Å². The molecule has 9 heteroatoms. The van der Waals surface area contributed by atoms with Gasteiger partial charge in [-0.2, -0.15) is 0 Å². The van der Waals surface area contributed by atoms with Crippen LogP contribution in [0.15, 0.2) is 29.6 Å². The van der Waals surface area contributed by atoms with Crippen LogP contribution in [0.3, 0.4) is 0 Å². The normalized spacial score (nSPS) is 16.4. The van der Waals surface area contributed by atoms with Crippen molar-refractivity contribution in [1.29, 1.82) is 0 Å². The average Bonchev–Trinajstić information content (AvgIpc) is 3.38. The number of methoxy groups -OCH3 is 3. The van der Waals surface area contributed by atoms with Crippen molar-refractivity contribution in [3.8, 4) is 17.2 Å². The highest BCUT2D eigenvalue weighted by Crippen LogP contribution is 2.38. The molecule has 2 amide bonds. The first kappa shape index (κ1) is 25.8. The number of nitrogens with zero attached hydrogens (tertiary/aromatic N) is 1. The number of hydrogen-bond donors (Lipinski definition) is 2. The second kappa shape index (κ2) is 12.1. The summed E-state index contributed by atoms with van der Waals surface area (Å²) in [6.07, 6.45) is 2.33. The molecule has 1 aromatic carbocycles. The summed E-state index contributed by atoms with van der Waals surface area (Å²) in [7, 11) is 4.48. The van der Waals surface area contributed by atoms with Crippen molar-refractivity contribution in [2.45, 2.75) is 38.8 Å². The van der Waals surface area contributed by atoms with Gasteiger partial charge in [-0.3, -0.25) is 14.5 Å². The van der Waals surface area contributed by atoms with Gasteiger partial charge in [0.15, 0.2) is 11.5 Å². The molecule has 2 N–H and O–H groups in total. The molecule has 1 aliphatic rings. The Hall–Kier alpha value is -2.78. The lowest BCUT2D eigenvalue weighted by atomic mass is 9.97. The smallest absolute Gasteiger partial charge is 0.252 e. The van der Waals surface area contributed by atoms with Gasteiger partial charge in [0, 0.05) is 17.0 Å². The zero-order valence-corrected chi connectivity index (χ0v) is 21.4. The van der Waals surface area contributed by atoms with Crippen LogP contribution in [-0.4, -0.2) is 63.7 Å². The maximum absolute atomic E-state index is 12.9. The second-order valence-electron chi connectivity index (χ2n) is 8.60. The van der Waals surface area contributed by atoms with Gasteiger partial charge in [-0.15, -0.1) is 11.3 Å². The fourth-order valence-corrected chi connectivity index (χ4v) is 5.00. The quantitative estimate of drug-likeness (QED) is 0.531. The summed E-state index contributed by atoms with van der Waals surface area (Å²) in [4.78, 5) is 29.4. The first-order valence-electron chi connectivity index (χ1n) is 11.5. The Morgan fingerprint density at radius 2 is 1.76 bits per heavy atom. The number of piperidine rings is 1. The molecule has 1 aliphatic heterocycles. The van der Waals surface area contributed by atoms with Crippen LogP contribution in [0, 0.1) is 5.92 Å². The Labute approximate surface area is 205 Å². The summed E-state index contributed by atoms with van der Waals surface area (Å²) in [6.45, 7) is 6.50. The van der Waals surface area contributed by atoms with E-state index in [0.29, 0.717) is 29.4 Å². The Morgan fingerprint density at radius 3 is 2.29 bits per heavy atom. The highest BCUT2D eigenvalue weighted by atomic mass is 32.1. The summed E-state index contributed by atoms with van der Waals surface area (Å²) in [5.41, 5.74) is 0.313. The number of ether oxygens (including phenoxy) is 3. The molecule has 0 aliphatic carbocycles. The molecule has 8 nitrogen and oxygen atoms in total. The third kappa shape index (κ3) is 6.21. The van der Waals surface area contributed by atoms with Crippen LogP contribution < -0.4 is 24.8 Å². The molecular weight excluding hydrogens is 454 g/mol. The van der Waals surface area contributed by atoms with E-state index in [2.05, 4.69) is 33.9 Å². The largest absolute Gasteiger partial charge is 0.493 e. The summed E-state index contributed by atoms with van der Waals surface area (Å²) in [6, 6.07) is 6.71. The highest BCUT2D eigenvalue weighted by Gasteiger charge is 2.27. The van der Waals surface area contributed by atoms with Crippen LogP contribution in [0.25, 0.3) is 0 Å². The van der Waals surface area contributed by atoms with Gasteiger partial charge in [-0.05, 0) is 62.4 Å². The molecule has 1 aromatic heterocycles. The van der Waals surface area contributed by atoms with E-state index in [0.717, 1.165) is 31.8 Å². The Kier molecular flexibility index (Phi) is 9.18. The Balaban J connectivity index is 1.63. The lowest BCUT2D eigenvalue weighted by Crippen LogP contribution is -2.48. The predicted molar refractivity (Wildman–Crippen MR) is 133 cm³/mol. The van der Waals surface area contributed by atoms with E-state index >= 15 is 0 Å². The summed E-state index contributed by atoms with van der Waals surface area (Å²) < 4.78 is 15.9. The number of rotatable bonds is 10. The minimum Gasteiger partial charge on any atom is -0.493 e. The maximum atomic E-state index is 12.9. The van der Waals surface area contributed by atoms with Gasteiger partial charge in [0.25, 0.3) is 5.91 Å². The number of carbonyl (C=O) groups excluding carboxylic acids is 2. The van der Waals surface area contributed by atoms with Crippen LogP contribution in [0.1, 0.15) is 48.0 Å². The van der Waals surface area contributed by atoms with Gasteiger partial charge in [0.2, 0.25) is 11.7 Å². The van der Waals surface area contributed by atoms with E-state index in [1.165, 1.54) is 26.2 Å². The van der Waals surface area contributed by atoms with E-state index in [-0.39, 0.29) is 11.9 Å². The first-order valence-corrected chi connectivity index (χ1v) is 12.4. The third-order valence-electron chi connectivity index (χ3n) is 6.27. The number of amides is 2. The number of thiophene rings is 1. The summed E-state index contributed by atoms with van der Waals surface area (Å²) >= 11 is 1.71. The van der Waals surface area contributed by atoms with Crippen molar-refractivity contribution >= 4 is 23.2 Å². The SMILES string of the molecule is COc1cc(C(=O)N[C@@H](C)C(=O)NC[C@H](c2cccs2)N2CCC(C)CC2)cc(OC)c1OC. The monoisotopic (exact) mass is 489 g/mol. The minimum absolute atomic E-state index is 0.134. The number of likely N-dealkylation sites (tertiary alicyclic amines) is 1. The standard InChI is InChI=1S/C25H35N3O5S/c1-16-8-10-28(11-9-16)19(22-7-6-12-34-22)15-26-24(29)17(2)27-25(30)18-13-20(31-3)23(33-5)21(14-18)32-4/h6-7,12-14,16-17,19H,8-11,15H2,1-5H3,(H,26,29)(H,27,30)/t17-,19+/m0/s1. The first-order chi connectivity index (χ1) is 16.4. The topological polar surface area (TPSA) is 89.1 Å². The second-order valence-corrected chi connectivity index (χ2v) is 9.58. The van der Waals surface area contributed by atoms with Gasteiger partial charge in [-0.25, -0.2) is 0 Å². The van der Waals surface area contributed by atoms with Crippen molar-refractivity contribution < 1.29 is 23.8 Å². The van der Waals surface area contributed by atoms with Crippen LogP contribution in [0.2, 0.25) is 0 Å². The molecule has 2 atom stereocenters. The lowest BCUT2D eigenvalue weighted by molar-refractivity contribution is -0.122. The molecule has 2 heterocycles. The molecule has 0 spiro atoms. The molecular formula is C25H35N3O5S. The molecule has 0 saturated carbocycles. The molecule has 0 unspecified atom stereocenters. The molecule has 0 radical (unpaired) electrons. The van der Waals surface area contributed by atoms with E-state index in [4.69, 9.17) is 14.2 Å². The van der Waals surface area contributed by atoms with E-state index in [1.54, 1.807) is 30.4 Å². The molecule has 186 valence electrons. The Bertz CT molecular complexity index is 932. The fourth-order valence-electron chi connectivity index (χ4n) is 4.14. The third-order valence-corrected chi connectivity index (χ3v) is 7.24. The van der Waals surface area contributed by atoms with Crippen molar-refractivity contribution in [2.75, 3.05) is 41.0 Å². The zero-order valence-electron chi connectivity index (χ0n) is 20.6. The van der Waals surface area contributed by atoms with Gasteiger partial charge in [-0.1, -0.05) is 13.0 Å². The lowest BCUT2D eigenvalue weighted by Gasteiger charge is -2.36. The van der Waals surface area contributed by atoms with Crippen LogP contribution in [0.4, 0.5) is 0 Å². The minimum atomic E-state index is -0.711. The molecule has 3 rings (SSSR count). The highest BCUT2D eigenvalue weighted by molar-refractivity contribution is 7.10. The van der Waals surface area contributed by atoms with Crippen molar-refractivity contribution in [1.82, 2.24) is 15.5 Å². The van der Waals surface area contributed by atoms with Crippen molar-refractivity contribution in [3.05, 3.63) is 40.1 Å². The Morgan fingerprint density at radius 1 is 1.12 bits per heavy atom. The maximum Gasteiger partial charge on any atom is 0.252 e. The van der Waals surface area contributed by atoms with Gasteiger partial charge in [0.05, 0.1) is 27.4 Å². The zero-order chi connectivity index (χ0) is 24.7. The van der Waals surface area contributed by atoms with Gasteiger partial charge >= 0.3 is 0 Å². The summed E-state index contributed by atoms with van der Waals surface area (Å²) in [5, 5.41) is 7.87. The van der Waals surface area contributed by atoms with Crippen LogP contribution in [-0.2, 0) is 4.79 Å². The number of nitrogens with one attached hydrogen (secondary N) is 2. The van der Waals surface area contributed by atoms with Crippen molar-refractivity contribution in [3.63, 3.8) is 0 Å². The van der Waals surface area contributed by atoms with Crippen molar-refractivity contribution in [2.24, 2.45) is 5.92 Å². The van der Waals surface area contributed by atoms with E-state index < -0.39 is 11.9 Å². The predicted octanol–water partition coefficient (Wildman–Crippen LogP) is 3.48. The molecule has 1 fully saturated rings. The summed E-state index contributed by atoms with van der Waals surface area (Å²) in [5.74, 6) is 1.26. The fraction of sp³-hybridized carbons (Fsp3) is 0.520. The molecule has 34 heavy (non-hydrogen) atoms. The molecule has 2 aromatic rings. The number of benzene rings is 1. The van der Waals surface area contributed by atoms with E-state index in [1.807, 2.05) is 6.07 Å². The van der Waals surface area contributed by atoms with E-state index in [9.17, 15) is 9.59 Å².